The van der Waals surface area contributed by atoms with Gasteiger partial charge in [0.25, 0.3) is 0 Å². The summed E-state index contributed by atoms with van der Waals surface area (Å²) < 4.78 is 12.1. The van der Waals surface area contributed by atoms with Crippen LogP contribution >= 0.6 is 0 Å². The molecule has 2 bridgehead atoms. The summed E-state index contributed by atoms with van der Waals surface area (Å²) in [4.78, 5) is 18.6. The number of hydrogen-bond donors (Lipinski definition) is 8. The average molecular weight is 917 g/mol. The molecule has 3 fully saturated rings. The van der Waals surface area contributed by atoms with Crippen molar-refractivity contribution in [3.63, 3.8) is 0 Å². The van der Waals surface area contributed by atoms with E-state index in [1.807, 2.05) is 18.2 Å². The summed E-state index contributed by atoms with van der Waals surface area (Å²) in [7, 11) is 0. The molecule has 12 rings (SSSR count). The van der Waals surface area contributed by atoms with Crippen LogP contribution in [0.3, 0.4) is 0 Å². The van der Waals surface area contributed by atoms with Crippen LogP contribution < -0.4 is 15.2 Å². The number of aliphatic hydroxyl groups excluding tert-OH is 1. The Hall–Kier alpha value is -6.43. The number of fused-ring (bicyclic) bond motifs is 8. The molecule has 0 amide bonds. The minimum Gasteiger partial charge on any atom is -0.508 e. The fraction of sp³-hybridized carbons (Fsp3) is 0.386. The third kappa shape index (κ3) is 7.37. The zero-order chi connectivity index (χ0) is 46.8. The number of phenolic OH excluding ortho intramolecular Hbond substituents is 5. The summed E-state index contributed by atoms with van der Waals surface area (Å²) in [5.74, 6) is -1.45. The first-order valence-electron chi connectivity index (χ1n) is 24.4. The molecule has 3 saturated carbocycles. The molecule has 11 heteroatoms. The zero-order valence-corrected chi connectivity index (χ0v) is 38.1. The molecule has 0 saturated heterocycles. The fourth-order valence-corrected chi connectivity index (χ4v) is 14.4. The van der Waals surface area contributed by atoms with E-state index in [1.165, 1.54) is 16.7 Å². The van der Waals surface area contributed by atoms with Crippen LogP contribution in [-0.4, -0.2) is 54.2 Å². The smallest absolute Gasteiger partial charge is 0.200 e. The minimum atomic E-state index is -1.02. The molecule has 352 valence electrons. The van der Waals surface area contributed by atoms with Gasteiger partial charge in [-0.15, -0.1) is 0 Å². The van der Waals surface area contributed by atoms with Crippen molar-refractivity contribution in [3.8, 4) is 51.5 Å². The molecule has 6 aromatic rings. The maximum absolute atomic E-state index is 15.0. The number of ketones is 1. The number of carbonyl (C=O) groups is 1. The maximum Gasteiger partial charge on any atom is 0.200 e. The number of nitrogens with one attached hydrogen (secondary N) is 1. The standard InChI is InChI=1S/C57H60N2O9/c58-30-68-49-24-32(14-18-47(49)63)13-17-46(62)41-25-34(22-31-11-15-36(60)16-12-31)40-26-35-27-45(57-20-4-3-10-44(57)39-19-21-59-53(39)38-8-1-2-9-43(38)57)51(52(40)54(41)65)42-28-48(64)55(66)56(50(35)42)67-29-33-6-5-7-37(61)23-33/h1-2,5-9,11-12,14-16,18-19,21,23-24,28,34-35,40-41,44-45,51-52,54,59-61,63-66H,3-4,10,13,17,20,22,25-27,29-30,58H2. The highest BCUT2D eigenvalue weighted by Crippen LogP contribution is 2.71. The van der Waals surface area contributed by atoms with Gasteiger partial charge in [0.1, 0.15) is 30.6 Å². The van der Waals surface area contributed by atoms with Crippen molar-refractivity contribution in [2.45, 2.75) is 100 Å². The summed E-state index contributed by atoms with van der Waals surface area (Å²) in [5, 5.41) is 68.2. The lowest BCUT2D eigenvalue weighted by molar-refractivity contribution is -0.136. The Kier molecular flexibility index (Phi) is 11.4. The number of aromatic nitrogens is 1. The molecule has 0 spiro atoms. The number of carbonyl (C=O) groups excluding carboxylic acids is 1. The lowest BCUT2D eigenvalue weighted by Gasteiger charge is -2.58. The molecule has 6 aliphatic carbocycles. The number of Topliss-reactive ketones (excluding diaryl/α,β-unsaturated/α-hetero) is 1. The number of benzene rings is 5. The van der Waals surface area contributed by atoms with Crippen molar-refractivity contribution in [2.75, 3.05) is 6.73 Å². The lowest BCUT2D eigenvalue weighted by atomic mass is 9.45. The van der Waals surface area contributed by atoms with Crippen molar-refractivity contribution in [1.82, 2.24) is 4.98 Å². The Balaban J connectivity index is 1.08. The molecule has 6 aliphatic rings. The van der Waals surface area contributed by atoms with Gasteiger partial charge in [0.05, 0.1) is 6.10 Å². The van der Waals surface area contributed by atoms with Gasteiger partial charge in [-0.1, -0.05) is 67.4 Å². The SMILES string of the molecule is NCOc1cc(CCC(=O)C2CC(Cc3ccc(O)cc3)C3CC4CC(C56CCCCC5c5cc[nH]c5-c5ccccc56)C(c5cc(O)c(O)c(OCc6cccc(O)c6)c54)C3C2O)ccc1O. The van der Waals surface area contributed by atoms with Crippen molar-refractivity contribution in [1.29, 1.82) is 0 Å². The Labute approximate surface area is 396 Å². The minimum absolute atomic E-state index is 0.0249. The van der Waals surface area contributed by atoms with E-state index < -0.39 is 17.9 Å². The van der Waals surface area contributed by atoms with Gasteiger partial charge in [-0.25, -0.2) is 0 Å². The number of nitrogens with two attached hydrogens (primary N) is 1. The van der Waals surface area contributed by atoms with Gasteiger partial charge in [0, 0.05) is 40.8 Å². The molecule has 0 radical (unpaired) electrons. The van der Waals surface area contributed by atoms with Gasteiger partial charge in [-0.05, 0) is 168 Å². The molecular formula is C57H60N2O9. The summed E-state index contributed by atoms with van der Waals surface area (Å²) in [5.41, 5.74) is 14.6. The van der Waals surface area contributed by atoms with Crippen LogP contribution in [-0.2, 0) is 29.7 Å². The van der Waals surface area contributed by atoms with E-state index in [1.54, 1.807) is 54.6 Å². The average Bonchev–Trinajstić information content (AvgIpc) is 3.71. The molecule has 10 unspecified atom stereocenters. The number of aliphatic hydroxyl groups is 1. The van der Waals surface area contributed by atoms with Crippen molar-refractivity contribution in [3.05, 3.63) is 148 Å². The monoisotopic (exact) mass is 916 g/mol. The molecule has 5 aromatic carbocycles. The molecule has 1 aromatic heterocycles. The summed E-state index contributed by atoms with van der Waals surface area (Å²) in [6.07, 6.45) is 8.22. The number of ether oxygens (including phenoxy) is 2. The number of aryl methyl sites for hydroxylation is 1. The normalized spacial score (nSPS) is 27.7. The van der Waals surface area contributed by atoms with E-state index in [9.17, 15) is 35.4 Å². The van der Waals surface area contributed by atoms with Gasteiger partial charge < -0.3 is 45.1 Å². The van der Waals surface area contributed by atoms with Crippen LogP contribution in [0, 0.1) is 29.6 Å². The second kappa shape index (κ2) is 17.6. The van der Waals surface area contributed by atoms with E-state index in [0.29, 0.717) is 31.2 Å². The first-order valence-corrected chi connectivity index (χ1v) is 24.4. The number of aromatic hydroxyl groups is 5. The molecule has 9 N–H and O–H groups in total. The third-order valence-electron chi connectivity index (χ3n) is 17.0. The summed E-state index contributed by atoms with van der Waals surface area (Å²) in [6.45, 7) is -0.0609. The topological polar surface area (TPSA) is 199 Å². The van der Waals surface area contributed by atoms with E-state index in [4.69, 9.17) is 15.2 Å². The summed E-state index contributed by atoms with van der Waals surface area (Å²) in [6, 6.07) is 32.0. The van der Waals surface area contributed by atoms with Gasteiger partial charge in [-0.2, -0.15) is 0 Å². The van der Waals surface area contributed by atoms with Crippen LogP contribution in [0.2, 0.25) is 0 Å². The Morgan fingerprint density at radius 1 is 0.779 bits per heavy atom. The Bertz CT molecular complexity index is 2860. The van der Waals surface area contributed by atoms with Crippen molar-refractivity contribution >= 4 is 5.78 Å². The van der Waals surface area contributed by atoms with Gasteiger partial charge >= 0.3 is 0 Å². The molecule has 0 aliphatic heterocycles. The third-order valence-corrected chi connectivity index (χ3v) is 17.0. The number of aromatic amines is 1. The highest BCUT2D eigenvalue weighted by atomic mass is 16.5. The van der Waals surface area contributed by atoms with Crippen LogP contribution in [0.1, 0.15) is 108 Å². The first-order chi connectivity index (χ1) is 33.0. The van der Waals surface area contributed by atoms with E-state index >= 15 is 0 Å². The second-order valence-electron chi connectivity index (χ2n) is 20.3. The maximum atomic E-state index is 15.0. The van der Waals surface area contributed by atoms with Gasteiger partial charge in [0.15, 0.2) is 23.0 Å². The van der Waals surface area contributed by atoms with Crippen LogP contribution in [0.4, 0.5) is 0 Å². The first kappa shape index (κ1) is 44.1. The molecule has 11 nitrogen and oxygen atoms in total. The highest BCUT2D eigenvalue weighted by Gasteiger charge is 2.63. The number of phenols is 5. The second-order valence-corrected chi connectivity index (χ2v) is 20.3. The van der Waals surface area contributed by atoms with E-state index in [2.05, 4.69) is 41.5 Å². The van der Waals surface area contributed by atoms with Gasteiger partial charge in [0.2, 0.25) is 5.75 Å². The zero-order valence-electron chi connectivity index (χ0n) is 38.1. The Morgan fingerprint density at radius 3 is 2.43 bits per heavy atom. The predicted octanol–water partition coefficient (Wildman–Crippen LogP) is 9.96. The van der Waals surface area contributed by atoms with Crippen molar-refractivity contribution < 1.29 is 44.9 Å². The van der Waals surface area contributed by atoms with E-state index in [-0.39, 0.29) is 107 Å². The highest BCUT2D eigenvalue weighted by molar-refractivity contribution is 5.82. The van der Waals surface area contributed by atoms with Crippen LogP contribution in [0.25, 0.3) is 11.3 Å². The lowest BCUT2D eigenvalue weighted by Crippen LogP contribution is -2.54. The largest absolute Gasteiger partial charge is 0.508 e. The predicted molar refractivity (Wildman–Crippen MR) is 257 cm³/mol. The number of rotatable bonds is 12. The van der Waals surface area contributed by atoms with Crippen molar-refractivity contribution in [2.24, 2.45) is 35.3 Å². The Morgan fingerprint density at radius 2 is 1.60 bits per heavy atom. The van der Waals surface area contributed by atoms with Crippen LogP contribution in [0.15, 0.2) is 109 Å². The van der Waals surface area contributed by atoms with Crippen LogP contribution in [0.5, 0.6) is 40.2 Å². The van der Waals surface area contributed by atoms with Gasteiger partial charge in [-0.3, -0.25) is 10.5 Å². The fourth-order valence-electron chi connectivity index (χ4n) is 14.4. The molecule has 10 atom stereocenters. The molecule has 1 heterocycles. The number of hydrogen-bond acceptors (Lipinski definition) is 10. The number of H-pyrrole nitrogens is 1. The summed E-state index contributed by atoms with van der Waals surface area (Å²) >= 11 is 0. The van der Waals surface area contributed by atoms with E-state index in [0.717, 1.165) is 60.1 Å². The molecular weight excluding hydrogens is 857 g/mol. The quantitative estimate of drug-likeness (QED) is 0.0432. The molecule has 68 heavy (non-hydrogen) atoms.